The lowest BCUT2D eigenvalue weighted by Crippen LogP contribution is -2.04. The molecule has 0 unspecified atom stereocenters. The van der Waals surface area contributed by atoms with Crippen LogP contribution in [-0.2, 0) is 0 Å². The minimum Gasteiger partial charge on any atom is -0.295 e. The van der Waals surface area contributed by atoms with Crippen LogP contribution in [0, 0.1) is 6.92 Å². The topological polar surface area (TPSA) is 34.1 Å². The maximum atomic E-state index is 12.3. The van der Waals surface area contributed by atoms with Crippen LogP contribution >= 0.6 is 11.6 Å². The number of benzene rings is 2. The van der Waals surface area contributed by atoms with Crippen LogP contribution < -0.4 is 0 Å². The molecule has 2 rings (SSSR count). The average Bonchev–Trinajstić information content (AvgIpc) is 2.39. The second kappa shape index (κ2) is 5.37. The Labute approximate surface area is 117 Å². The summed E-state index contributed by atoms with van der Waals surface area (Å²) in [5.41, 5.74) is 2.53. The van der Waals surface area contributed by atoms with Gasteiger partial charge in [0.15, 0.2) is 11.6 Å². The van der Waals surface area contributed by atoms with Gasteiger partial charge >= 0.3 is 0 Å². The fourth-order valence-corrected chi connectivity index (χ4v) is 2.04. The maximum Gasteiger partial charge on any atom is 0.193 e. The van der Waals surface area contributed by atoms with Crippen molar-refractivity contribution in [2.45, 2.75) is 13.8 Å². The molecule has 0 aliphatic rings. The Bertz CT molecular complexity index is 642. The molecule has 0 fully saturated rings. The molecule has 0 heterocycles. The van der Waals surface area contributed by atoms with E-state index in [2.05, 4.69) is 0 Å². The monoisotopic (exact) mass is 272 g/mol. The third-order valence-corrected chi connectivity index (χ3v) is 3.24. The Hall–Kier alpha value is -1.93. The van der Waals surface area contributed by atoms with E-state index in [4.69, 9.17) is 11.6 Å². The maximum absolute atomic E-state index is 12.3. The lowest BCUT2D eigenvalue weighted by atomic mass is 9.97. The highest BCUT2D eigenvalue weighted by Crippen LogP contribution is 2.17. The number of carbonyl (C=O) groups is 2. The van der Waals surface area contributed by atoms with Gasteiger partial charge < -0.3 is 0 Å². The van der Waals surface area contributed by atoms with Gasteiger partial charge in [-0.15, -0.1) is 0 Å². The average molecular weight is 273 g/mol. The number of rotatable bonds is 3. The van der Waals surface area contributed by atoms with Gasteiger partial charge in [0.2, 0.25) is 0 Å². The molecule has 0 aliphatic heterocycles. The summed E-state index contributed by atoms with van der Waals surface area (Å²) in [5.74, 6) is -0.151. The van der Waals surface area contributed by atoms with E-state index in [1.807, 2.05) is 6.92 Å². The van der Waals surface area contributed by atoms with Crippen molar-refractivity contribution in [1.29, 1.82) is 0 Å². The van der Waals surface area contributed by atoms with Crippen LogP contribution in [0.2, 0.25) is 5.02 Å². The van der Waals surface area contributed by atoms with Crippen LogP contribution in [0.1, 0.15) is 38.8 Å². The number of aryl methyl sites for hydroxylation is 1. The molecule has 0 spiro atoms. The molecule has 2 nitrogen and oxygen atoms in total. The van der Waals surface area contributed by atoms with Crippen molar-refractivity contribution in [2.75, 3.05) is 0 Å². The second-order valence-corrected chi connectivity index (χ2v) is 4.86. The summed E-state index contributed by atoms with van der Waals surface area (Å²) < 4.78 is 0. The molecule has 0 N–H and O–H groups in total. The molecule has 0 aliphatic carbocycles. The van der Waals surface area contributed by atoms with Gasteiger partial charge in [-0.25, -0.2) is 0 Å². The largest absolute Gasteiger partial charge is 0.295 e. The Kier molecular flexibility index (Phi) is 3.82. The molecule has 0 bridgehead atoms. The van der Waals surface area contributed by atoms with Gasteiger partial charge in [0.25, 0.3) is 0 Å². The zero-order chi connectivity index (χ0) is 14.0. The molecule has 0 amide bonds. The molecule has 0 radical (unpaired) electrons. The third kappa shape index (κ3) is 2.91. The van der Waals surface area contributed by atoms with Gasteiger partial charge in [-0.3, -0.25) is 9.59 Å². The van der Waals surface area contributed by atoms with Gasteiger partial charge in [0.05, 0.1) is 0 Å². The summed E-state index contributed by atoms with van der Waals surface area (Å²) in [7, 11) is 0. The second-order valence-electron chi connectivity index (χ2n) is 4.42. The Morgan fingerprint density at radius 2 is 1.53 bits per heavy atom. The molecule has 0 atom stereocenters. The van der Waals surface area contributed by atoms with E-state index in [9.17, 15) is 9.59 Å². The van der Waals surface area contributed by atoms with E-state index in [-0.39, 0.29) is 11.6 Å². The minimum atomic E-state index is -0.112. The van der Waals surface area contributed by atoms with Crippen molar-refractivity contribution in [3.05, 3.63) is 69.7 Å². The fraction of sp³-hybridized carbons (Fsp3) is 0.125. The molecule has 2 aromatic rings. The summed E-state index contributed by atoms with van der Waals surface area (Å²) in [6, 6.07) is 11.9. The summed E-state index contributed by atoms with van der Waals surface area (Å²) >= 11 is 5.79. The van der Waals surface area contributed by atoms with Gasteiger partial charge in [0, 0.05) is 21.7 Å². The third-order valence-electron chi connectivity index (χ3n) is 2.99. The highest BCUT2D eigenvalue weighted by molar-refractivity contribution is 6.30. The van der Waals surface area contributed by atoms with E-state index < -0.39 is 0 Å². The lowest BCUT2D eigenvalue weighted by Gasteiger charge is -2.06. The minimum absolute atomic E-state index is 0.0387. The number of hydrogen-bond acceptors (Lipinski definition) is 2. The summed E-state index contributed by atoms with van der Waals surface area (Å²) in [6.07, 6.45) is 0. The zero-order valence-corrected chi connectivity index (χ0v) is 11.5. The summed E-state index contributed by atoms with van der Waals surface area (Å²) in [4.78, 5) is 23.8. The highest BCUT2D eigenvalue weighted by Gasteiger charge is 2.12. The van der Waals surface area contributed by atoms with Crippen molar-refractivity contribution >= 4 is 23.2 Å². The van der Waals surface area contributed by atoms with Crippen molar-refractivity contribution in [1.82, 2.24) is 0 Å². The van der Waals surface area contributed by atoms with Crippen molar-refractivity contribution in [3.63, 3.8) is 0 Å². The Morgan fingerprint density at radius 1 is 0.947 bits per heavy atom. The quantitative estimate of drug-likeness (QED) is 0.789. The lowest BCUT2D eigenvalue weighted by molar-refractivity contribution is 0.101. The number of hydrogen-bond donors (Lipinski definition) is 0. The first-order chi connectivity index (χ1) is 8.99. The fourth-order valence-electron chi connectivity index (χ4n) is 1.91. The molecule has 0 saturated carbocycles. The van der Waals surface area contributed by atoms with Crippen LogP contribution in [0.4, 0.5) is 0 Å². The number of Topliss-reactive ketones (excluding diaryl/α,β-unsaturated/α-hetero) is 1. The summed E-state index contributed by atoms with van der Waals surface area (Å²) in [5, 5.41) is 0.588. The highest BCUT2D eigenvalue weighted by atomic mass is 35.5. The first kappa shape index (κ1) is 13.5. The molecule has 3 heteroatoms. The van der Waals surface area contributed by atoms with Gasteiger partial charge in [-0.1, -0.05) is 23.7 Å². The zero-order valence-electron chi connectivity index (χ0n) is 10.7. The summed E-state index contributed by atoms with van der Waals surface area (Å²) in [6.45, 7) is 3.35. The van der Waals surface area contributed by atoms with Gasteiger partial charge in [0.1, 0.15) is 0 Å². The Morgan fingerprint density at radius 3 is 2.11 bits per heavy atom. The molecular weight excluding hydrogens is 260 g/mol. The Balaban J connectivity index is 2.42. The number of ketones is 2. The van der Waals surface area contributed by atoms with Crippen LogP contribution in [0.3, 0.4) is 0 Å². The first-order valence-corrected chi connectivity index (χ1v) is 6.28. The van der Waals surface area contributed by atoms with Crippen molar-refractivity contribution < 1.29 is 9.59 Å². The van der Waals surface area contributed by atoms with Gasteiger partial charge in [-0.2, -0.15) is 0 Å². The van der Waals surface area contributed by atoms with Crippen LogP contribution in [0.25, 0.3) is 0 Å². The molecule has 2 aromatic carbocycles. The molecular formula is C16H13ClO2. The van der Waals surface area contributed by atoms with E-state index in [0.29, 0.717) is 21.7 Å². The first-order valence-electron chi connectivity index (χ1n) is 5.91. The molecule has 96 valence electrons. The van der Waals surface area contributed by atoms with Crippen LogP contribution in [0.15, 0.2) is 42.5 Å². The molecule has 0 aromatic heterocycles. The smallest absolute Gasteiger partial charge is 0.193 e. The van der Waals surface area contributed by atoms with E-state index in [1.54, 1.807) is 42.5 Å². The van der Waals surface area contributed by atoms with E-state index in [0.717, 1.165) is 5.56 Å². The van der Waals surface area contributed by atoms with E-state index in [1.165, 1.54) is 6.92 Å². The standard InChI is InChI=1S/C16H13ClO2/c1-10-3-4-13(9-15(10)11(2)18)16(19)12-5-7-14(17)8-6-12/h3-9H,1-2H3. The normalized spacial score (nSPS) is 10.3. The number of halogens is 1. The predicted octanol–water partition coefficient (Wildman–Crippen LogP) is 4.08. The van der Waals surface area contributed by atoms with Gasteiger partial charge in [-0.05, 0) is 49.7 Å². The predicted molar refractivity (Wildman–Crippen MR) is 76.1 cm³/mol. The van der Waals surface area contributed by atoms with Crippen LogP contribution in [-0.4, -0.2) is 11.6 Å². The van der Waals surface area contributed by atoms with Crippen LogP contribution in [0.5, 0.6) is 0 Å². The SMILES string of the molecule is CC(=O)c1cc(C(=O)c2ccc(Cl)cc2)ccc1C. The van der Waals surface area contributed by atoms with E-state index >= 15 is 0 Å². The number of carbonyl (C=O) groups excluding carboxylic acids is 2. The van der Waals surface area contributed by atoms with Crippen molar-refractivity contribution in [3.8, 4) is 0 Å². The molecule has 0 saturated heterocycles. The molecule has 19 heavy (non-hydrogen) atoms. The van der Waals surface area contributed by atoms with Crippen molar-refractivity contribution in [2.24, 2.45) is 0 Å².